The number of rotatable bonds is 2. The van der Waals surface area contributed by atoms with Crippen molar-refractivity contribution in [2.75, 3.05) is 5.32 Å². The molecule has 1 atom stereocenters. The van der Waals surface area contributed by atoms with Gasteiger partial charge in [-0.1, -0.05) is 58.4 Å². The fourth-order valence-corrected chi connectivity index (χ4v) is 3.81. The smallest absolute Gasteiger partial charge is 0.209 e. The molecule has 0 radical (unpaired) electrons. The molecular formula is C22H15BrFN3. The van der Waals surface area contributed by atoms with Gasteiger partial charge < -0.3 is 5.32 Å². The zero-order chi connectivity index (χ0) is 18.4. The normalized spacial score (nSPS) is 15.9. The first-order chi connectivity index (χ1) is 13.2. The van der Waals surface area contributed by atoms with E-state index in [0.29, 0.717) is 11.5 Å². The van der Waals surface area contributed by atoms with Crippen molar-refractivity contribution < 1.29 is 4.39 Å². The molecule has 1 aliphatic rings. The van der Waals surface area contributed by atoms with Crippen LogP contribution in [0.2, 0.25) is 0 Å². The van der Waals surface area contributed by atoms with Gasteiger partial charge in [-0.15, -0.1) is 0 Å². The minimum atomic E-state index is -0.284. The number of para-hydroxylation sites is 2. The van der Waals surface area contributed by atoms with Crippen LogP contribution in [-0.2, 0) is 0 Å². The molecule has 0 unspecified atom stereocenters. The van der Waals surface area contributed by atoms with Crippen molar-refractivity contribution >= 4 is 38.6 Å². The Labute approximate surface area is 164 Å². The van der Waals surface area contributed by atoms with Crippen molar-refractivity contribution in [3.05, 3.63) is 100 Å². The van der Waals surface area contributed by atoms with Gasteiger partial charge in [-0.3, -0.25) is 4.57 Å². The zero-order valence-corrected chi connectivity index (χ0v) is 15.8. The molecule has 1 aromatic heterocycles. The molecule has 0 spiro atoms. The Morgan fingerprint density at radius 2 is 1.67 bits per heavy atom. The first-order valence-corrected chi connectivity index (χ1v) is 9.46. The van der Waals surface area contributed by atoms with Crippen LogP contribution >= 0.6 is 15.9 Å². The molecule has 0 amide bonds. The number of allylic oxidation sites excluding steroid dienone is 1. The molecule has 5 heteroatoms. The van der Waals surface area contributed by atoms with Crippen molar-refractivity contribution in [3.8, 4) is 0 Å². The molecule has 5 rings (SSSR count). The van der Waals surface area contributed by atoms with Crippen molar-refractivity contribution in [1.29, 1.82) is 0 Å². The van der Waals surface area contributed by atoms with Crippen molar-refractivity contribution in [3.63, 3.8) is 0 Å². The summed E-state index contributed by atoms with van der Waals surface area (Å²) in [4.78, 5) is 4.73. The highest BCUT2D eigenvalue weighted by molar-refractivity contribution is 9.10. The first-order valence-electron chi connectivity index (χ1n) is 8.67. The lowest BCUT2D eigenvalue weighted by atomic mass is 10.0. The van der Waals surface area contributed by atoms with Crippen LogP contribution in [0.5, 0.6) is 0 Å². The third-order valence-electron chi connectivity index (χ3n) is 4.82. The lowest BCUT2D eigenvalue weighted by Crippen LogP contribution is -2.19. The highest BCUT2D eigenvalue weighted by Gasteiger charge is 2.26. The second-order valence-electron chi connectivity index (χ2n) is 6.47. The summed E-state index contributed by atoms with van der Waals surface area (Å²) in [7, 11) is 0. The number of halogens is 2. The minimum absolute atomic E-state index is 0.223. The van der Waals surface area contributed by atoms with Crippen molar-refractivity contribution in [2.45, 2.75) is 6.04 Å². The topological polar surface area (TPSA) is 29.9 Å². The zero-order valence-electron chi connectivity index (χ0n) is 14.2. The Morgan fingerprint density at radius 1 is 0.926 bits per heavy atom. The molecule has 3 aromatic carbocycles. The average Bonchev–Trinajstić information content (AvgIpc) is 3.07. The summed E-state index contributed by atoms with van der Waals surface area (Å²) in [5.74, 6) is 0.490. The molecule has 4 aromatic rings. The molecule has 3 nitrogen and oxygen atoms in total. The highest BCUT2D eigenvalue weighted by atomic mass is 79.9. The lowest BCUT2D eigenvalue weighted by Gasteiger charge is -2.27. The lowest BCUT2D eigenvalue weighted by molar-refractivity contribution is 0.583. The van der Waals surface area contributed by atoms with Crippen molar-refractivity contribution in [2.24, 2.45) is 0 Å². The fraction of sp³-hybridized carbons (Fsp3) is 0.0455. The van der Waals surface area contributed by atoms with E-state index in [1.807, 2.05) is 60.7 Å². The predicted octanol–water partition coefficient (Wildman–Crippen LogP) is 5.99. The summed E-state index contributed by atoms with van der Waals surface area (Å²) in [6, 6.07) is 22.6. The van der Waals surface area contributed by atoms with Gasteiger partial charge in [-0.05, 0) is 42.0 Å². The summed E-state index contributed by atoms with van der Waals surface area (Å²) >= 11 is 3.47. The van der Waals surface area contributed by atoms with Crippen molar-refractivity contribution in [1.82, 2.24) is 9.55 Å². The number of benzene rings is 3. The van der Waals surface area contributed by atoms with E-state index >= 15 is 0 Å². The van der Waals surface area contributed by atoms with Gasteiger partial charge in [-0.2, -0.15) is 0 Å². The van der Waals surface area contributed by atoms with Gasteiger partial charge in [0.2, 0.25) is 5.95 Å². The Bertz CT molecular complexity index is 1180. The van der Waals surface area contributed by atoms with Crippen LogP contribution in [0, 0.1) is 5.82 Å². The Kier molecular flexibility index (Phi) is 3.83. The van der Waals surface area contributed by atoms with Crippen LogP contribution in [0.4, 0.5) is 10.3 Å². The predicted molar refractivity (Wildman–Crippen MR) is 110 cm³/mol. The van der Waals surface area contributed by atoms with E-state index in [-0.39, 0.29) is 11.9 Å². The molecule has 0 saturated carbocycles. The van der Waals surface area contributed by atoms with Crippen LogP contribution in [-0.4, -0.2) is 9.55 Å². The van der Waals surface area contributed by atoms with Gasteiger partial charge in [0.25, 0.3) is 0 Å². The molecule has 0 bridgehead atoms. The maximum atomic E-state index is 14.7. The summed E-state index contributed by atoms with van der Waals surface area (Å²) in [5.41, 5.74) is 4.42. The van der Waals surface area contributed by atoms with Crippen LogP contribution < -0.4 is 5.32 Å². The second-order valence-corrected chi connectivity index (χ2v) is 7.39. The monoisotopic (exact) mass is 419 g/mol. The molecule has 132 valence electrons. The van der Waals surface area contributed by atoms with Gasteiger partial charge in [0.1, 0.15) is 5.82 Å². The molecule has 1 aliphatic heterocycles. The Morgan fingerprint density at radius 3 is 2.48 bits per heavy atom. The maximum Gasteiger partial charge on any atom is 0.209 e. The van der Waals surface area contributed by atoms with Gasteiger partial charge in [0.05, 0.1) is 17.1 Å². The SMILES string of the molecule is Fc1ccccc1[C@H]1C=C(c2ccc(Br)cc2)Nc2nc3ccccc3n21. The number of imidazole rings is 1. The van der Waals surface area contributed by atoms with Gasteiger partial charge in [0, 0.05) is 15.7 Å². The molecule has 1 N–H and O–H groups in total. The molecule has 0 fully saturated rings. The van der Waals surface area contributed by atoms with E-state index in [4.69, 9.17) is 4.98 Å². The number of aromatic nitrogens is 2. The van der Waals surface area contributed by atoms with E-state index in [9.17, 15) is 4.39 Å². The highest BCUT2D eigenvalue weighted by Crippen LogP contribution is 2.37. The first kappa shape index (κ1) is 16.3. The number of fused-ring (bicyclic) bond motifs is 3. The molecule has 0 aliphatic carbocycles. The number of nitrogens with zero attached hydrogens (tertiary/aromatic N) is 2. The van der Waals surface area contributed by atoms with Gasteiger partial charge >= 0.3 is 0 Å². The van der Waals surface area contributed by atoms with Crippen LogP contribution in [0.25, 0.3) is 16.7 Å². The molecule has 0 saturated heterocycles. The van der Waals surface area contributed by atoms with E-state index in [1.54, 1.807) is 6.07 Å². The van der Waals surface area contributed by atoms with Gasteiger partial charge in [-0.25, -0.2) is 9.37 Å². The molecule has 27 heavy (non-hydrogen) atoms. The quantitative estimate of drug-likeness (QED) is 0.432. The second kappa shape index (κ2) is 6.35. The van der Waals surface area contributed by atoms with E-state index in [0.717, 1.165) is 26.8 Å². The summed E-state index contributed by atoms with van der Waals surface area (Å²) in [5, 5.41) is 3.42. The number of hydrogen-bond acceptors (Lipinski definition) is 2. The third kappa shape index (κ3) is 2.75. The van der Waals surface area contributed by atoms with E-state index in [2.05, 4.69) is 31.9 Å². The largest absolute Gasteiger partial charge is 0.325 e. The van der Waals surface area contributed by atoms with Crippen LogP contribution in [0.15, 0.2) is 83.3 Å². The number of hydrogen-bond donors (Lipinski definition) is 1. The van der Waals surface area contributed by atoms with Crippen LogP contribution in [0.1, 0.15) is 17.2 Å². The summed E-state index contributed by atoms with van der Waals surface area (Å²) in [6.45, 7) is 0. The molecular weight excluding hydrogens is 405 g/mol. The maximum absolute atomic E-state index is 14.7. The summed E-state index contributed by atoms with van der Waals surface area (Å²) < 4.78 is 17.7. The van der Waals surface area contributed by atoms with E-state index in [1.165, 1.54) is 6.07 Å². The summed E-state index contributed by atoms with van der Waals surface area (Å²) in [6.07, 6.45) is 2.06. The number of anilines is 1. The Balaban J connectivity index is 1.74. The average molecular weight is 420 g/mol. The number of nitrogens with one attached hydrogen (secondary N) is 1. The van der Waals surface area contributed by atoms with Gasteiger partial charge in [0.15, 0.2) is 0 Å². The standard InChI is InChI=1S/C22H15BrFN3/c23-15-11-9-14(10-12-15)19-13-21(16-5-1-2-6-17(16)24)27-20-8-4-3-7-18(20)25-22(27)26-19/h1-13,21H,(H,25,26)/t21-/m1/s1. The third-order valence-corrected chi connectivity index (χ3v) is 5.35. The fourth-order valence-electron chi connectivity index (χ4n) is 3.55. The van der Waals surface area contributed by atoms with Crippen LogP contribution in [0.3, 0.4) is 0 Å². The van der Waals surface area contributed by atoms with E-state index < -0.39 is 0 Å². The molecule has 2 heterocycles. The minimum Gasteiger partial charge on any atom is -0.325 e. The Hall–Kier alpha value is -2.92.